The molecule has 1 unspecified atom stereocenters. The summed E-state index contributed by atoms with van der Waals surface area (Å²) in [5, 5.41) is 15.0. The summed E-state index contributed by atoms with van der Waals surface area (Å²) in [6.07, 6.45) is 2.71. The molecule has 1 aromatic carbocycles. The van der Waals surface area contributed by atoms with Crippen LogP contribution in [0.25, 0.3) is 0 Å². The van der Waals surface area contributed by atoms with Gasteiger partial charge in [0.25, 0.3) is 0 Å². The van der Waals surface area contributed by atoms with Gasteiger partial charge in [0.1, 0.15) is 0 Å². The Labute approximate surface area is 143 Å². The Kier molecular flexibility index (Phi) is 5.86. The second-order valence-electron chi connectivity index (χ2n) is 7.31. The van der Waals surface area contributed by atoms with Crippen molar-refractivity contribution in [3.63, 3.8) is 0 Å². The molecule has 2 rings (SSSR count). The Morgan fingerprint density at radius 1 is 1.12 bits per heavy atom. The van der Waals surface area contributed by atoms with Crippen LogP contribution >= 0.6 is 0 Å². The molecule has 3 N–H and O–H groups in total. The first-order chi connectivity index (χ1) is 11.3. The normalized spacial score (nSPS) is 22.5. The van der Waals surface area contributed by atoms with Gasteiger partial charge >= 0.3 is 12.0 Å². The zero-order valence-corrected chi connectivity index (χ0v) is 14.7. The lowest BCUT2D eigenvalue weighted by atomic mass is 9.78. The molecule has 0 aliphatic heterocycles. The first-order valence-corrected chi connectivity index (χ1v) is 8.66. The molecule has 1 aromatic rings. The highest BCUT2D eigenvalue weighted by Gasteiger charge is 2.30. The fourth-order valence-electron chi connectivity index (χ4n) is 3.21. The Hall–Kier alpha value is -2.04. The third-order valence-electron chi connectivity index (χ3n) is 5.36. The molecule has 0 radical (unpaired) electrons. The maximum Gasteiger partial charge on any atom is 0.315 e. The van der Waals surface area contributed by atoms with Crippen molar-refractivity contribution < 1.29 is 14.7 Å². The highest BCUT2D eigenvalue weighted by Crippen LogP contribution is 2.27. The molecule has 5 heteroatoms. The summed E-state index contributed by atoms with van der Waals surface area (Å²) in [7, 11) is 0. The second kappa shape index (κ2) is 7.69. The van der Waals surface area contributed by atoms with Gasteiger partial charge in [-0.2, -0.15) is 0 Å². The number of amides is 2. The van der Waals surface area contributed by atoms with Gasteiger partial charge in [-0.1, -0.05) is 44.2 Å². The van der Waals surface area contributed by atoms with Crippen molar-refractivity contribution in [2.75, 3.05) is 0 Å². The lowest BCUT2D eigenvalue weighted by molar-refractivity contribution is -0.142. The zero-order chi connectivity index (χ0) is 17.7. The van der Waals surface area contributed by atoms with E-state index in [4.69, 9.17) is 5.11 Å². The fraction of sp³-hybridized carbons (Fsp3) is 0.579. The van der Waals surface area contributed by atoms with Crippen molar-refractivity contribution in [1.82, 2.24) is 10.6 Å². The summed E-state index contributed by atoms with van der Waals surface area (Å²) in [5.74, 6) is -0.988. The molecule has 1 aliphatic rings. The number of rotatable bonds is 5. The first-order valence-electron chi connectivity index (χ1n) is 8.66. The number of carboxylic acid groups (broad SMARTS) is 1. The second-order valence-corrected chi connectivity index (χ2v) is 7.31. The number of carboxylic acids is 1. The smallest absolute Gasteiger partial charge is 0.315 e. The van der Waals surface area contributed by atoms with E-state index in [0.717, 1.165) is 12.8 Å². The van der Waals surface area contributed by atoms with Crippen molar-refractivity contribution in [3.05, 3.63) is 35.9 Å². The molecule has 0 aromatic heterocycles. The van der Waals surface area contributed by atoms with Crippen LogP contribution in [0.1, 0.15) is 52.0 Å². The molecule has 0 spiro atoms. The molecule has 5 nitrogen and oxygen atoms in total. The van der Waals surface area contributed by atoms with Crippen LogP contribution in [0.5, 0.6) is 0 Å². The molecule has 1 fully saturated rings. The van der Waals surface area contributed by atoms with Gasteiger partial charge < -0.3 is 15.7 Å². The van der Waals surface area contributed by atoms with Crippen molar-refractivity contribution in [2.45, 2.75) is 64.0 Å². The topological polar surface area (TPSA) is 78.4 Å². The maximum absolute atomic E-state index is 12.3. The first kappa shape index (κ1) is 18.3. The summed E-state index contributed by atoms with van der Waals surface area (Å²) in [4.78, 5) is 23.3. The van der Waals surface area contributed by atoms with Gasteiger partial charge in [0.2, 0.25) is 0 Å². The highest BCUT2D eigenvalue weighted by molar-refractivity contribution is 5.75. The lowest BCUT2D eigenvalue weighted by Gasteiger charge is -2.34. The predicted molar refractivity (Wildman–Crippen MR) is 94.0 cm³/mol. The van der Waals surface area contributed by atoms with Gasteiger partial charge in [-0.15, -0.1) is 0 Å². The molecule has 2 amide bonds. The quantitative estimate of drug-likeness (QED) is 0.774. The van der Waals surface area contributed by atoms with Crippen LogP contribution in [0.4, 0.5) is 4.79 Å². The standard InChI is InChI=1S/C19H28N2O3/c1-13(19(2,3)15-7-5-4-6-8-15)20-18(24)21-16-11-9-14(10-12-16)17(22)23/h4-8,13-14,16H,9-12H2,1-3H3,(H,22,23)(H2,20,21,24). The summed E-state index contributed by atoms with van der Waals surface area (Å²) < 4.78 is 0. The Morgan fingerprint density at radius 3 is 2.25 bits per heavy atom. The number of hydrogen-bond acceptors (Lipinski definition) is 2. The molecular weight excluding hydrogens is 304 g/mol. The van der Waals surface area contributed by atoms with Crippen LogP contribution in [-0.4, -0.2) is 29.2 Å². The minimum atomic E-state index is -0.726. The summed E-state index contributed by atoms with van der Waals surface area (Å²) in [5.41, 5.74) is 0.999. The minimum absolute atomic E-state index is 0.0322. The monoisotopic (exact) mass is 332 g/mol. The molecule has 1 saturated carbocycles. The number of carbonyl (C=O) groups is 2. The van der Waals surface area contributed by atoms with Crippen LogP contribution in [-0.2, 0) is 10.2 Å². The average molecular weight is 332 g/mol. The lowest BCUT2D eigenvalue weighted by Crippen LogP contribution is -2.51. The van der Waals surface area contributed by atoms with E-state index in [2.05, 4.69) is 36.6 Å². The minimum Gasteiger partial charge on any atom is -0.481 e. The van der Waals surface area contributed by atoms with Crippen molar-refractivity contribution in [3.8, 4) is 0 Å². The SMILES string of the molecule is CC(NC(=O)NC1CCC(C(=O)O)CC1)C(C)(C)c1ccccc1. The molecule has 1 aliphatic carbocycles. The molecule has 132 valence electrons. The summed E-state index contributed by atoms with van der Waals surface area (Å²) in [6.45, 7) is 6.24. The number of aliphatic carboxylic acids is 1. The summed E-state index contributed by atoms with van der Waals surface area (Å²) in [6, 6.07) is 9.99. The van der Waals surface area contributed by atoms with Gasteiger partial charge in [-0.05, 0) is 38.2 Å². The van der Waals surface area contributed by atoms with Gasteiger partial charge in [-0.25, -0.2) is 4.79 Å². The van der Waals surface area contributed by atoms with Gasteiger partial charge in [0.15, 0.2) is 0 Å². The molecule has 24 heavy (non-hydrogen) atoms. The van der Waals surface area contributed by atoms with Crippen molar-refractivity contribution in [2.24, 2.45) is 5.92 Å². The Morgan fingerprint density at radius 2 is 1.71 bits per heavy atom. The number of carbonyl (C=O) groups excluding carboxylic acids is 1. The average Bonchev–Trinajstić information content (AvgIpc) is 2.56. The van der Waals surface area contributed by atoms with E-state index in [1.54, 1.807) is 0 Å². The van der Waals surface area contributed by atoms with E-state index in [1.807, 2.05) is 25.1 Å². The van der Waals surface area contributed by atoms with Gasteiger partial charge in [-0.3, -0.25) is 4.79 Å². The van der Waals surface area contributed by atoms with E-state index in [0.29, 0.717) is 12.8 Å². The van der Waals surface area contributed by atoms with Gasteiger partial charge in [0.05, 0.1) is 5.92 Å². The van der Waals surface area contributed by atoms with Crippen molar-refractivity contribution >= 4 is 12.0 Å². The third kappa shape index (κ3) is 4.49. The number of urea groups is 1. The summed E-state index contributed by atoms with van der Waals surface area (Å²) >= 11 is 0. The van der Waals surface area contributed by atoms with Crippen LogP contribution in [0.15, 0.2) is 30.3 Å². The van der Waals surface area contributed by atoms with Crippen LogP contribution in [0, 0.1) is 5.92 Å². The molecule has 0 heterocycles. The van der Waals surface area contributed by atoms with E-state index in [1.165, 1.54) is 5.56 Å². The molecule has 1 atom stereocenters. The number of hydrogen-bond donors (Lipinski definition) is 3. The van der Waals surface area contributed by atoms with Crippen LogP contribution in [0.2, 0.25) is 0 Å². The third-order valence-corrected chi connectivity index (χ3v) is 5.36. The number of benzene rings is 1. The van der Waals surface area contributed by atoms with E-state index < -0.39 is 5.97 Å². The Bertz CT molecular complexity index is 563. The van der Waals surface area contributed by atoms with E-state index in [9.17, 15) is 9.59 Å². The molecular formula is C19H28N2O3. The van der Waals surface area contributed by atoms with Gasteiger partial charge in [0, 0.05) is 17.5 Å². The maximum atomic E-state index is 12.3. The predicted octanol–water partition coefficient (Wildman–Crippen LogP) is 3.30. The zero-order valence-electron chi connectivity index (χ0n) is 14.7. The Balaban J connectivity index is 1.85. The fourth-order valence-corrected chi connectivity index (χ4v) is 3.21. The molecule has 0 saturated heterocycles. The van der Waals surface area contributed by atoms with Crippen molar-refractivity contribution in [1.29, 1.82) is 0 Å². The van der Waals surface area contributed by atoms with Crippen LogP contribution in [0.3, 0.4) is 0 Å². The molecule has 0 bridgehead atoms. The van der Waals surface area contributed by atoms with Crippen LogP contribution < -0.4 is 10.6 Å². The van der Waals surface area contributed by atoms with E-state index in [-0.39, 0.29) is 29.4 Å². The highest BCUT2D eigenvalue weighted by atomic mass is 16.4. The van der Waals surface area contributed by atoms with E-state index >= 15 is 0 Å². The largest absolute Gasteiger partial charge is 0.481 e. The number of nitrogens with one attached hydrogen (secondary N) is 2.